The van der Waals surface area contributed by atoms with Gasteiger partial charge in [-0.05, 0) is 24.3 Å². The van der Waals surface area contributed by atoms with Crippen molar-refractivity contribution in [3.05, 3.63) is 65.9 Å². The zero-order chi connectivity index (χ0) is 19.9. The van der Waals surface area contributed by atoms with Crippen molar-refractivity contribution in [3.63, 3.8) is 0 Å². The third-order valence-corrected chi connectivity index (χ3v) is 5.09. The first-order chi connectivity index (χ1) is 13.5. The van der Waals surface area contributed by atoms with E-state index in [0.717, 1.165) is 5.69 Å². The summed E-state index contributed by atoms with van der Waals surface area (Å²) in [5.74, 6) is -0.371. The number of amides is 2. The van der Waals surface area contributed by atoms with Crippen LogP contribution in [0.25, 0.3) is 5.69 Å². The lowest BCUT2D eigenvalue weighted by molar-refractivity contribution is -0.131. The van der Waals surface area contributed by atoms with Gasteiger partial charge in [-0.1, -0.05) is 53.7 Å². The number of hydrogen-bond acceptors (Lipinski definition) is 5. The van der Waals surface area contributed by atoms with E-state index in [-0.39, 0.29) is 24.1 Å². The molecule has 1 N–H and O–H groups in total. The third kappa shape index (κ3) is 5.11. The summed E-state index contributed by atoms with van der Waals surface area (Å²) in [6.45, 7) is -0.0734. The molecule has 1 heterocycles. The van der Waals surface area contributed by atoms with Crippen LogP contribution in [0.3, 0.4) is 0 Å². The number of hydrogen-bond donors (Lipinski definition) is 1. The molecule has 0 aliphatic rings. The summed E-state index contributed by atoms with van der Waals surface area (Å²) in [5.41, 5.74) is 1.43. The molecule has 0 aliphatic heterocycles. The van der Waals surface area contributed by atoms with E-state index in [2.05, 4.69) is 15.5 Å². The summed E-state index contributed by atoms with van der Waals surface area (Å²) in [6, 6.07) is 16.6. The van der Waals surface area contributed by atoms with Gasteiger partial charge in [0.25, 0.3) is 0 Å². The van der Waals surface area contributed by atoms with E-state index < -0.39 is 0 Å². The number of halogens is 1. The van der Waals surface area contributed by atoms with Crippen molar-refractivity contribution in [3.8, 4) is 5.69 Å². The van der Waals surface area contributed by atoms with Gasteiger partial charge in [-0.2, -0.15) is 0 Å². The van der Waals surface area contributed by atoms with Gasteiger partial charge in [0.05, 0.1) is 23.0 Å². The van der Waals surface area contributed by atoms with Gasteiger partial charge in [0, 0.05) is 12.7 Å². The van der Waals surface area contributed by atoms with Gasteiger partial charge in [0.15, 0.2) is 5.16 Å². The van der Waals surface area contributed by atoms with Crippen molar-refractivity contribution >= 4 is 40.9 Å². The second-order valence-electron chi connectivity index (χ2n) is 5.89. The molecule has 3 aromatic rings. The lowest BCUT2D eigenvalue weighted by Gasteiger charge is -2.17. The van der Waals surface area contributed by atoms with Crippen LogP contribution >= 0.6 is 23.4 Å². The minimum atomic E-state index is -0.318. The maximum Gasteiger partial charge on any atom is 0.244 e. The number of anilines is 1. The third-order valence-electron chi connectivity index (χ3n) is 3.83. The first kappa shape index (κ1) is 19.9. The van der Waals surface area contributed by atoms with E-state index in [1.54, 1.807) is 37.6 Å². The number of thioether (sulfide) groups is 1. The zero-order valence-corrected chi connectivity index (χ0v) is 16.7. The summed E-state index contributed by atoms with van der Waals surface area (Å²) in [4.78, 5) is 25.9. The molecule has 0 radical (unpaired) electrons. The maximum atomic E-state index is 12.4. The molecule has 3 rings (SSSR count). The van der Waals surface area contributed by atoms with Crippen molar-refractivity contribution in [2.75, 3.05) is 24.7 Å². The van der Waals surface area contributed by atoms with E-state index in [1.807, 2.05) is 34.9 Å². The van der Waals surface area contributed by atoms with Gasteiger partial charge in [-0.15, -0.1) is 10.2 Å². The lowest BCUT2D eigenvalue weighted by Crippen LogP contribution is -2.36. The minimum absolute atomic E-state index is 0.0734. The van der Waals surface area contributed by atoms with Gasteiger partial charge in [0.2, 0.25) is 11.8 Å². The Morgan fingerprint density at radius 3 is 2.61 bits per heavy atom. The van der Waals surface area contributed by atoms with Gasteiger partial charge in [-0.25, -0.2) is 0 Å². The number of carbonyl (C=O) groups excluding carboxylic acids is 2. The summed E-state index contributed by atoms with van der Waals surface area (Å²) in [6.07, 6.45) is 1.60. The molecule has 0 aliphatic carbocycles. The Labute approximate surface area is 171 Å². The normalized spacial score (nSPS) is 10.5. The van der Waals surface area contributed by atoms with Crippen LogP contribution in [0.1, 0.15) is 0 Å². The second kappa shape index (κ2) is 9.38. The Morgan fingerprint density at radius 1 is 1.14 bits per heavy atom. The lowest BCUT2D eigenvalue weighted by atomic mass is 10.3. The van der Waals surface area contributed by atoms with Crippen LogP contribution in [-0.4, -0.2) is 50.8 Å². The van der Waals surface area contributed by atoms with Crippen LogP contribution < -0.4 is 5.32 Å². The first-order valence-corrected chi connectivity index (χ1v) is 9.77. The highest BCUT2D eigenvalue weighted by Gasteiger charge is 2.16. The van der Waals surface area contributed by atoms with Gasteiger partial charge < -0.3 is 10.2 Å². The summed E-state index contributed by atoms with van der Waals surface area (Å²) in [5, 5.41) is 11.7. The molecule has 28 heavy (non-hydrogen) atoms. The molecule has 0 unspecified atom stereocenters. The first-order valence-electron chi connectivity index (χ1n) is 8.41. The smallest absolute Gasteiger partial charge is 0.244 e. The number of rotatable bonds is 7. The highest BCUT2D eigenvalue weighted by molar-refractivity contribution is 7.99. The molecule has 144 valence electrons. The molecular formula is C19H18ClN5O2S. The van der Waals surface area contributed by atoms with Crippen LogP contribution in [0.2, 0.25) is 5.02 Å². The van der Waals surface area contributed by atoms with Gasteiger partial charge >= 0.3 is 0 Å². The highest BCUT2D eigenvalue weighted by atomic mass is 35.5. The van der Waals surface area contributed by atoms with Crippen molar-refractivity contribution in [2.24, 2.45) is 0 Å². The molecule has 2 amide bonds. The fraction of sp³-hybridized carbons (Fsp3) is 0.158. The van der Waals surface area contributed by atoms with Crippen LogP contribution in [0, 0.1) is 0 Å². The van der Waals surface area contributed by atoms with Gasteiger partial charge in [-0.3, -0.25) is 14.2 Å². The zero-order valence-electron chi connectivity index (χ0n) is 15.1. The average molecular weight is 416 g/mol. The van der Waals surface area contributed by atoms with Crippen LogP contribution in [-0.2, 0) is 9.59 Å². The van der Waals surface area contributed by atoms with Crippen molar-refractivity contribution in [1.82, 2.24) is 19.7 Å². The molecule has 9 heteroatoms. The van der Waals surface area contributed by atoms with E-state index in [0.29, 0.717) is 15.9 Å². The molecule has 2 aromatic carbocycles. The Balaban J connectivity index is 1.53. The van der Waals surface area contributed by atoms with Crippen molar-refractivity contribution in [1.29, 1.82) is 0 Å². The standard InChI is InChI=1S/C19H18ClN5O2S/c1-24(11-17(26)22-16-10-6-5-9-15(16)20)18(27)12-28-19-23-21-13-25(19)14-7-3-2-4-8-14/h2-10,13H,11-12H2,1H3,(H,22,26). The Morgan fingerprint density at radius 2 is 1.86 bits per heavy atom. The van der Waals surface area contributed by atoms with E-state index in [1.165, 1.54) is 16.7 Å². The number of nitrogens with zero attached hydrogens (tertiary/aromatic N) is 4. The predicted octanol–water partition coefficient (Wildman–Crippen LogP) is 3.11. The Kier molecular flexibility index (Phi) is 6.67. The van der Waals surface area contributed by atoms with Crippen LogP contribution in [0.15, 0.2) is 66.1 Å². The SMILES string of the molecule is CN(CC(=O)Nc1ccccc1Cl)C(=O)CSc1nncn1-c1ccccc1. The highest BCUT2D eigenvalue weighted by Crippen LogP contribution is 2.21. The van der Waals surface area contributed by atoms with E-state index >= 15 is 0 Å². The Hall–Kier alpha value is -2.84. The van der Waals surface area contributed by atoms with E-state index in [4.69, 9.17) is 11.6 Å². The summed E-state index contributed by atoms with van der Waals surface area (Å²) < 4.78 is 1.81. The molecule has 0 fully saturated rings. The number of likely N-dealkylation sites (N-methyl/N-ethyl adjacent to an activating group) is 1. The summed E-state index contributed by atoms with van der Waals surface area (Å²) in [7, 11) is 1.58. The van der Waals surface area contributed by atoms with Crippen LogP contribution in [0.5, 0.6) is 0 Å². The van der Waals surface area contributed by atoms with Crippen LogP contribution in [0.4, 0.5) is 5.69 Å². The monoisotopic (exact) mass is 415 g/mol. The molecule has 0 saturated carbocycles. The van der Waals surface area contributed by atoms with Gasteiger partial charge in [0.1, 0.15) is 6.33 Å². The van der Waals surface area contributed by atoms with E-state index in [9.17, 15) is 9.59 Å². The molecule has 0 spiro atoms. The Bertz CT molecular complexity index is 964. The largest absolute Gasteiger partial charge is 0.336 e. The second-order valence-corrected chi connectivity index (χ2v) is 7.24. The maximum absolute atomic E-state index is 12.4. The number of carbonyl (C=O) groups is 2. The molecule has 0 atom stereocenters. The predicted molar refractivity (Wildman–Crippen MR) is 110 cm³/mol. The quantitative estimate of drug-likeness (QED) is 0.600. The molecule has 7 nitrogen and oxygen atoms in total. The summed E-state index contributed by atoms with van der Waals surface area (Å²) >= 11 is 7.29. The molecule has 1 aromatic heterocycles. The number of para-hydroxylation sites is 2. The molecule has 0 saturated heterocycles. The molecular weight excluding hydrogens is 398 g/mol. The number of benzene rings is 2. The number of aromatic nitrogens is 3. The topological polar surface area (TPSA) is 80.1 Å². The van der Waals surface area contributed by atoms with Crippen molar-refractivity contribution < 1.29 is 9.59 Å². The van der Waals surface area contributed by atoms with Crippen molar-refractivity contribution in [2.45, 2.75) is 5.16 Å². The minimum Gasteiger partial charge on any atom is -0.336 e. The fourth-order valence-corrected chi connectivity index (χ4v) is 3.43. The average Bonchev–Trinajstić information content (AvgIpc) is 3.17. The fourth-order valence-electron chi connectivity index (χ4n) is 2.38. The number of nitrogens with one attached hydrogen (secondary N) is 1. The molecule has 0 bridgehead atoms.